The number of sulfonamides is 1. The second kappa shape index (κ2) is 4.72. The van der Waals surface area contributed by atoms with Gasteiger partial charge in [-0.05, 0) is 25.0 Å². The Hall–Kier alpha value is -0.980. The third-order valence-electron chi connectivity index (χ3n) is 2.96. The van der Waals surface area contributed by atoms with Crippen molar-refractivity contribution in [1.82, 2.24) is 4.31 Å². The van der Waals surface area contributed by atoms with Crippen LogP contribution in [0.4, 0.5) is 4.39 Å². The molecule has 6 heteroatoms. The largest absolute Gasteiger partial charge is 0.395 e. The predicted octanol–water partition coefficient (Wildman–Crippen LogP) is 0.971. The molecule has 1 saturated heterocycles. The number of aliphatic hydroxyl groups is 1. The number of nitrogens with zero attached hydrogens (tertiary/aromatic N) is 1. The van der Waals surface area contributed by atoms with E-state index >= 15 is 0 Å². The smallest absolute Gasteiger partial charge is 0.246 e. The van der Waals surface area contributed by atoms with Gasteiger partial charge in [-0.15, -0.1) is 0 Å². The van der Waals surface area contributed by atoms with Gasteiger partial charge in [-0.3, -0.25) is 0 Å². The minimum absolute atomic E-state index is 0.228. The Labute approximate surface area is 99.7 Å². The fourth-order valence-corrected chi connectivity index (χ4v) is 3.84. The molecule has 1 fully saturated rings. The number of halogens is 1. The van der Waals surface area contributed by atoms with Crippen molar-refractivity contribution in [2.24, 2.45) is 0 Å². The van der Waals surface area contributed by atoms with Gasteiger partial charge in [0.25, 0.3) is 0 Å². The Morgan fingerprint density at radius 2 is 2.12 bits per heavy atom. The van der Waals surface area contributed by atoms with Crippen LogP contribution in [0.5, 0.6) is 0 Å². The van der Waals surface area contributed by atoms with Gasteiger partial charge in [-0.2, -0.15) is 4.31 Å². The molecular formula is C11H14FNO3S. The van der Waals surface area contributed by atoms with Crippen LogP contribution in [0.2, 0.25) is 0 Å². The van der Waals surface area contributed by atoms with E-state index < -0.39 is 21.9 Å². The average Bonchev–Trinajstić information content (AvgIpc) is 2.78. The molecule has 1 N–H and O–H groups in total. The van der Waals surface area contributed by atoms with Gasteiger partial charge >= 0.3 is 0 Å². The van der Waals surface area contributed by atoms with Gasteiger partial charge in [-0.1, -0.05) is 12.1 Å². The lowest BCUT2D eigenvalue weighted by molar-refractivity contribution is 0.213. The molecule has 0 unspecified atom stereocenters. The van der Waals surface area contributed by atoms with Crippen LogP contribution >= 0.6 is 0 Å². The minimum Gasteiger partial charge on any atom is -0.395 e. The number of aliphatic hydroxyl groups excluding tert-OH is 1. The first-order valence-corrected chi connectivity index (χ1v) is 6.88. The Balaban J connectivity index is 2.40. The van der Waals surface area contributed by atoms with Crippen molar-refractivity contribution in [2.45, 2.75) is 23.8 Å². The number of benzene rings is 1. The molecule has 1 aromatic carbocycles. The van der Waals surface area contributed by atoms with Gasteiger partial charge < -0.3 is 5.11 Å². The highest BCUT2D eigenvalue weighted by Gasteiger charge is 2.36. The molecular weight excluding hydrogens is 245 g/mol. The van der Waals surface area contributed by atoms with Crippen LogP contribution in [0.3, 0.4) is 0 Å². The van der Waals surface area contributed by atoms with Crippen LogP contribution in [0.25, 0.3) is 0 Å². The minimum atomic E-state index is -3.83. The van der Waals surface area contributed by atoms with Crippen LogP contribution in [0.15, 0.2) is 29.2 Å². The molecule has 1 atom stereocenters. The highest BCUT2D eigenvalue weighted by Crippen LogP contribution is 2.26. The van der Waals surface area contributed by atoms with E-state index in [1.807, 2.05) is 0 Å². The molecule has 1 aromatic rings. The molecule has 94 valence electrons. The summed E-state index contributed by atoms with van der Waals surface area (Å²) in [6.07, 6.45) is 1.31. The molecule has 0 aliphatic carbocycles. The van der Waals surface area contributed by atoms with Crippen molar-refractivity contribution in [2.75, 3.05) is 13.2 Å². The summed E-state index contributed by atoms with van der Waals surface area (Å²) < 4.78 is 39.1. The topological polar surface area (TPSA) is 57.6 Å². The Morgan fingerprint density at radius 1 is 1.41 bits per heavy atom. The summed E-state index contributed by atoms with van der Waals surface area (Å²) in [5.74, 6) is -0.754. The first kappa shape index (κ1) is 12.5. The SMILES string of the molecule is O=S(=O)(c1ccccc1F)N1CCC[C@@H]1CO. The lowest BCUT2D eigenvalue weighted by Gasteiger charge is -2.22. The fourth-order valence-electron chi connectivity index (χ4n) is 2.09. The van der Waals surface area contributed by atoms with E-state index in [4.69, 9.17) is 5.11 Å². The van der Waals surface area contributed by atoms with E-state index in [-0.39, 0.29) is 11.5 Å². The predicted molar refractivity (Wildman–Crippen MR) is 60.4 cm³/mol. The molecule has 1 heterocycles. The summed E-state index contributed by atoms with van der Waals surface area (Å²) >= 11 is 0. The van der Waals surface area contributed by atoms with Gasteiger partial charge in [0.2, 0.25) is 10.0 Å². The first-order valence-electron chi connectivity index (χ1n) is 5.44. The highest BCUT2D eigenvalue weighted by molar-refractivity contribution is 7.89. The summed E-state index contributed by atoms with van der Waals surface area (Å²) in [6.45, 7) is 0.107. The summed E-state index contributed by atoms with van der Waals surface area (Å²) in [5.41, 5.74) is 0. The molecule has 0 amide bonds. The molecule has 4 nitrogen and oxygen atoms in total. The standard InChI is InChI=1S/C11H14FNO3S/c12-10-5-1-2-6-11(10)17(15,16)13-7-3-4-9(13)8-14/h1-2,5-6,9,14H,3-4,7-8H2/t9-/m1/s1. The molecule has 1 aliphatic heterocycles. The zero-order valence-electron chi connectivity index (χ0n) is 9.21. The van der Waals surface area contributed by atoms with Gasteiger partial charge in [0, 0.05) is 12.6 Å². The van der Waals surface area contributed by atoms with Crippen molar-refractivity contribution < 1.29 is 17.9 Å². The van der Waals surface area contributed by atoms with E-state index in [1.165, 1.54) is 22.5 Å². The third-order valence-corrected chi connectivity index (χ3v) is 4.94. The van der Waals surface area contributed by atoms with Crippen LogP contribution in [0, 0.1) is 5.82 Å². The molecule has 1 aliphatic rings. The van der Waals surface area contributed by atoms with Crippen molar-refractivity contribution in [1.29, 1.82) is 0 Å². The summed E-state index contributed by atoms with van der Waals surface area (Å²) in [7, 11) is -3.83. The zero-order chi connectivity index (χ0) is 12.5. The van der Waals surface area contributed by atoms with E-state index in [2.05, 4.69) is 0 Å². The molecule has 0 aromatic heterocycles. The van der Waals surface area contributed by atoms with Crippen LogP contribution in [-0.4, -0.2) is 37.0 Å². The highest BCUT2D eigenvalue weighted by atomic mass is 32.2. The number of hydrogen-bond acceptors (Lipinski definition) is 3. The molecule has 0 spiro atoms. The summed E-state index contributed by atoms with van der Waals surface area (Å²) in [5, 5.41) is 9.12. The lowest BCUT2D eigenvalue weighted by atomic mass is 10.2. The molecule has 17 heavy (non-hydrogen) atoms. The van der Waals surface area contributed by atoms with Gasteiger partial charge in [0.15, 0.2) is 0 Å². The van der Waals surface area contributed by atoms with E-state index in [0.29, 0.717) is 19.4 Å². The number of hydrogen-bond donors (Lipinski definition) is 1. The zero-order valence-corrected chi connectivity index (χ0v) is 10.0. The monoisotopic (exact) mass is 259 g/mol. The quantitative estimate of drug-likeness (QED) is 0.880. The molecule has 0 bridgehead atoms. The van der Waals surface area contributed by atoms with E-state index in [1.54, 1.807) is 0 Å². The third kappa shape index (κ3) is 2.20. The van der Waals surface area contributed by atoms with Crippen molar-refractivity contribution >= 4 is 10.0 Å². The molecule has 0 saturated carbocycles. The molecule has 2 rings (SSSR count). The second-order valence-corrected chi connectivity index (χ2v) is 5.88. The summed E-state index contributed by atoms with van der Waals surface area (Å²) in [6, 6.07) is 4.87. The van der Waals surface area contributed by atoms with E-state index in [0.717, 1.165) is 6.07 Å². The fraction of sp³-hybridized carbons (Fsp3) is 0.455. The van der Waals surface area contributed by atoms with E-state index in [9.17, 15) is 12.8 Å². The van der Waals surface area contributed by atoms with Crippen molar-refractivity contribution in [3.05, 3.63) is 30.1 Å². The van der Waals surface area contributed by atoms with Gasteiger partial charge in [0.05, 0.1) is 6.61 Å². The van der Waals surface area contributed by atoms with Crippen LogP contribution in [0.1, 0.15) is 12.8 Å². The normalized spacial score (nSPS) is 21.9. The van der Waals surface area contributed by atoms with Crippen molar-refractivity contribution in [3.8, 4) is 0 Å². The Morgan fingerprint density at radius 3 is 2.76 bits per heavy atom. The second-order valence-electron chi connectivity index (χ2n) is 4.02. The Bertz CT molecular complexity index is 503. The first-order chi connectivity index (χ1) is 8.07. The Kier molecular flexibility index (Phi) is 3.46. The van der Waals surface area contributed by atoms with Crippen LogP contribution < -0.4 is 0 Å². The maximum absolute atomic E-state index is 13.5. The maximum Gasteiger partial charge on any atom is 0.246 e. The average molecular weight is 259 g/mol. The summed E-state index contributed by atoms with van der Waals surface area (Å²) in [4.78, 5) is -0.319. The lowest BCUT2D eigenvalue weighted by Crippen LogP contribution is -2.37. The van der Waals surface area contributed by atoms with Gasteiger partial charge in [0.1, 0.15) is 10.7 Å². The van der Waals surface area contributed by atoms with Crippen LogP contribution in [-0.2, 0) is 10.0 Å². The van der Waals surface area contributed by atoms with Gasteiger partial charge in [-0.25, -0.2) is 12.8 Å². The molecule has 0 radical (unpaired) electrons. The van der Waals surface area contributed by atoms with Crippen molar-refractivity contribution in [3.63, 3.8) is 0 Å². The maximum atomic E-state index is 13.5. The number of rotatable bonds is 3.